The molecule has 0 aliphatic carbocycles. The zero-order valence-electron chi connectivity index (χ0n) is 16.3. The number of para-hydroxylation sites is 1. The Morgan fingerprint density at radius 2 is 1.71 bits per heavy atom. The van der Waals surface area contributed by atoms with Crippen LogP contribution in [-0.2, 0) is 9.59 Å². The van der Waals surface area contributed by atoms with Crippen molar-refractivity contribution in [2.75, 3.05) is 25.0 Å². The van der Waals surface area contributed by atoms with Gasteiger partial charge in [-0.3, -0.25) is 14.4 Å². The van der Waals surface area contributed by atoms with Crippen LogP contribution in [0.15, 0.2) is 42.5 Å². The molecule has 0 bridgehead atoms. The molecule has 0 aliphatic heterocycles. The van der Waals surface area contributed by atoms with E-state index in [1.165, 1.54) is 18.2 Å². The summed E-state index contributed by atoms with van der Waals surface area (Å²) in [7, 11) is 0. The molecular formula is C20H19F4N3O4. The molecule has 0 saturated carbocycles. The van der Waals surface area contributed by atoms with Crippen molar-refractivity contribution in [3.05, 3.63) is 59.7 Å². The third-order valence-corrected chi connectivity index (χ3v) is 4.02. The third kappa shape index (κ3) is 6.98. The number of hydrogen-bond donors (Lipinski definition) is 2. The molecule has 0 heterocycles. The van der Waals surface area contributed by atoms with Crippen molar-refractivity contribution < 1.29 is 36.7 Å². The normalized spacial score (nSPS) is 10.5. The number of carbonyl (C=O) groups is 3. The molecule has 0 atom stereocenters. The number of nitrogens with one attached hydrogen (secondary N) is 2. The molecule has 2 N–H and O–H groups in total. The van der Waals surface area contributed by atoms with Crippen LogP contribution in [0.4, 0.5) is 23.2 Å². The Kier molecular flexibility index (Phi) is 8.35. The van der Waals surface area contributed by atoms with Crippen LogP contribution in [0, 0.1) is 11.6 Å². The van der Waals surface area contributed by atoms with Crippen molar-refractivity contribution in [1.82, 2.24) is 10.2 Å². The predicted octanol–water partition coefficient (Wildman–Crippen LogP) is 2.78. The fraction of sp³-hybridized carbons (Fsp3) is 0.250. The first-order valence-electron chi connectivity index (χ1n) is 9.06. The van der Waals surface area contributed by atoms with Crippen molar-refractivity contribution in [2.24, 2.45) is 0 Å². The zero-order valence-corrected chi connectivity index (χ0v) is 16.3. The molecule has 3 amide bonds. The molecule has 0 saturated heterocycles. The van der Waals surface area contributed by atoms with E-state index in [1.54, 1.807) is 6.92 Å². The van der Waals surface area contributed by atoms with E-state index < -0.39 is 54.7 Å². The number of hydrogen-bond acceptors (Lipinski definition) is 4. The summed E-state index contributed by atoms with van der Waals surface area (Å²) in [6, 6.07) is 8.08. The van der Waals surface area contributed by atoms with E-state index in [2.05, 4.69) is 15.4 Å². The molecule has 7 nitrogen and oxygen atoms in total. The molecule has 0 unspecified atom stereocenters. The van der Waals surface area contributed by atoms with Crippen molar-refractivity contribution in [3.8, 4) is 5.75 Å². The molecule has 31 heavy (non-hydrogen) atoms. The van der Waals surface area contributed by atoms with E-state index in [1.807, 2.05) is 0 Å². The highest BCUT2D eigenvalue weighted by atomic mass is 19.3. The summed E-state index contributed by atoms with van der Waals surface area (Å²) in [5.41, 5.74) is -0.642. The second-order valence-corrected chi connectivity index (χ2v) is 6.14. The van der Waals surface area contributed by atoms with Crippen LogP contribution in [0.5, 0.6) is 5.75 Å². The highest BCUT2D eigenvalue weighted by molar-refractivity contribution is 5.98. The molecule has 2 rings (SSSR count). The van der Waals surface area contributed by atoms with Gasteiger partial charge in [-0.05, 0) is 37.3 Å². The Hall–Kier alpha value is -3.63. The molecule has 0 aliphatic rings. The van der Waals surface area contributed by atoms with Crippen LogP contribution < -0.4 is 15.4 Å². The summed E-state index contributed by atoms with van der Waals surface area (Å²) in [5.74, 6) is -4.34. The maximum atomic E-state index is 13.6. The Labute approximate surface area is 175 Å². The lowest BCUT2D eigenvalue weighted by Crippen LogP contribution is -2.43. The molecular weight excluding hydrogens is 422 g/mol. The summed E-state index contributed by atoms with van der Waals surface area (Å²) in [6.45, 7) is -2.39. The second-order valence-electron chi connectivity index (χ2n) is 6.14. The van der Waals surface area contributed by atoms with Gasteiger partial charge in [0.25, 0.3) is 5.91 Å². The number of anilines is 1. The van der Waals surface area contributed by atoms with Gasteiger partial charge in [0.05, 0.1) is 13.1 Å². The maximum Gasteiger partial charge on any atom is 0.387 e. The first kappa shape index (κ1) is 23.6. The van der Waals surface area contributed by atoms with Crippen LogP contribution in [0.1, 0.15) is 17.3 Å². The average molecular weight is 441 g/mol. The molecule has 166 valence electrons. The summed E-state index contributed by atoms with van der Waals surface area (Å²) in [6.07, 6.45) is 0. The quantitative estimate of drug-likeness (QED) is 0.586. The van der Waals surface area contributed by atoms with E-state index in [0.29, 0.717) is 0 Å². The van der Waals surface area contributed by atoms with Gasteiger partial charge in [-0.1, -0.05) is 12.1 Å². The van der Waals surface area contributed by atoms with Gasteiger partial charge in [0, 0.05) is 12.1 Å². The monoisotopic (exact) mass is 441 g/mol. The van der Waals surface area contributed by atoms with E-state index in [9.17, 15) is 31.9 Å². The first-order valence-corrected chi connectivity index (χ1v) is 9.06. The number of ether oxygens (including phenoxy) is 1. The van der Waals surface area contributed by atoms with Gasteiger partial charge in [0.1, 0.15) is 23.1 Å². The van der Waals surface area contributed by atoms with E-state index in [4.69, 9.17) is 0 Å². The third-order valence-electron chi connectivity index (χ3n) is 4.02. The van der Waals surface area contributed by atoms with Crippen LogP contribution in [0.3, 0.4) is 0 Å². The van der Waals surface area contributed by atoms with Gasteiger partial charge >= 0.3 is 6.61 Å². The Bertz CT molecular complexity index is 936. The average Bonchev–Trinajstić information content (AvgIpc) is 2.72. The lowest BCUT2D eigenvalue weighted by molar-refractivity contribution is -0.133. The van der Waals surface area contributed by atoms with Gasteiger partial charge in [0.15, 0.2) is 0 Å². The minimum absolute atomic E-state index is 0.0123. The van der Waals surface area contributed by atoms with Gasteiger partial charge < -0.3 is 20.3 Å². The van der Waals surface area contributed by atoms with E-state index in [0.717, 1.165) is 29.2 Å². The summed E-state index contributed by atoms with van der Waals surface area (Å²) < 4.78 is 56.0. The van der Waals surface area contributed by atoms with Crippen molar-refractivity contribution in [2.45, 2.75) is 13.5 Å². The topological polar surface area (TPSA) is 87.7 Å². The molecule has 0 spiro atoms. The van der Waals surface area contributed by atoms with Crippen LogP contribution in [-0.4, -0.2) is 48.9 Å². The van der Waals surface area contributed by atoms with Gasteiger partial charge in [0.2, 0.25) is 11.8 Å². The highest BCUT2D eigenvalue weighted by Crippen LogP contribution is 2.18. The van der Waals surface area contributed by atoms with Gasteiger partial charge in [-0.25, -0.2) is 8.78 Å². The molecule has 0 radical (unpaired) electrons. The highest BCUT2D eigenvalue weighted by Gasteiger charge is 2.19. The Balaban J connectivity index is 1.92. The number of likely N-dealkylation sites (N-methyl/N-ethyl adjacent to an activating group) is 1. The van der Waals surface area contributed by atoms with Crippen molar-refractivity contribution in [3.63, 3.8) is 0 Å². The van der Waals surface area contributed by atoms with Crippen LogP contribution >= 0.6 is 0 Å². The lowest BCUT2D eigenvalue weighted by atomic mass is 10.2. The number of benzene rings is 2. The number of nitrogens with zero attached hydrogens (tertiary/aromatic N) is 1. The zero-order chi connectivity index (χ0) is 23.0. The fourth-order valence-electron chi connectivity index (χ4n) is 2.53. The molecule has 2 aromatic carbocycles. The number of rotatable bonds is 9. The standard InChI is InChI=1S/C20H19F4N3O4/c1-2-27(11-16(28)26-18-14(21)7-4-8-15(18)22)17(29)10-25-19(30)12-5-3-6-13(9-12)31-20(23)24/h3-9,20H,2,10-11H2,1H3,(H,25,30)(H,26,28). The van der Waals surface area contributed by atoms with E-state index in [-0.39, 0.29) is 17.9 Å². The number of halogens is 4. The van der Waals surface area contributed by atoms with Crippen molar-refractivity contribution in [1.29, 1.82) is 0 Å². The maximum absolute atomic E-state index is 13.6. The minimum atomic E-state index is -3.05. The second kappa shape index (κ2) is 11.0. The molecule has 11 heteroatoms. The Morgan fingerprint density at radius 3 is 2.32 bits per heavy atom. The fourth-order valence-corrected chi connectivity index (χ4v) is 2.53. The predicted molar refractivity (Wildman–Crippen MR) is 103 cm³/mol. The molecule has 0 aromatic heterocycles. The van der Waals surface area contributed by atoms with Crippen LogP contribution in [0.25, 0.3) is 0 Å². The SMILES string of the molecule is CCN(CC(=O)Nc1c(F)cccc1F)C(=O)CNC(=O)c1cccc(OC(F)F)c1. The van der Waals surface area contributed by atoms with Crippen molar-refractivity contribution >= 4 is 23.4 Å². The smallest absolute Gasteiger partial charge is 0.387 e. The minimum Gasteiger partial charge on any atom is -0.435 e. The summed E-state index contributed by atoms with van der Waals surface area (Å²) in [4.78, 5) is 37.6. The lowest BCUT2D eigenvalue weighted by Gasteiger charge is -2.21. The number of alkyl halides is 2. The molecule has 0 fully saturated rings. The Morgan fingerprint density at radius 1 is 1.06 bits per heavy atom. The van der Waals surface area contributed by atoms with Gasteiger partial charge in [-0.2, -0.15) is 8.78 Å². The summed E-state index contributed by atoms with van der Waals surface area (Å²) >= 11 is 0. The molecule has 2 aromatic rings. The van der Waals surface area contributed by atoms with Gasteiger partial charge in [-0.15, -0.1) is 0 Å². The summed E-state index contributed by atoms with van der Waals surface area (Å²) in [5, 5.41) is 4.38. The number of amides is 3. The first-order chi connectivity index (χ1) is 14.7. The largest absolute Gasteiger partial charge is 0.435 e. The van der Waals surface area contributed by atoms with E-state index >= 15 is 0 Å². The number of carbonyl (C=O) groups excluding carboxylic acids is 3. The van der Waals surface area contributed by atoms with Crippen LogP contribution in [0.2, 0.25) is 0 Å².